The minimum absolute atomic E-state index is 0.114. The molecule has 0 aliphatic carbocycles. The van der Waals surface area contributed by atoms with Crippen molar-refractivity contribution in [1.82, 2.24) is 5.32 Å². The van der Waals surface area contributed by atoms with Gasteiger partial charge in [0.05, 0.1) is 0 Å². The van der Waals surface area contributed by atoms with Gasteiger partial charge in [0.25, 0.3) is 0 Å². The highest BCUT2D eigenvalue weighted by molar-refractivity contribution is 5.95. The molecule has 0 bridgehead atoms. The highest BCUT2D eigenvalue weighted by Crippen LogP contribution is 2.30. The zero-order valence-electron chi connectivity index (χ0n) is 16.3. The van der Waals surface area contributed by atoms with Gasteiger partial charge in [-0.05, 0) is 36.8 Å². The van der Waals surface area contributed by atoms with E-state index >= 15 is 0 Å². The minimum atomic E-state index is -0.502. The number of para-hydroxylation sites is 2. The Hall–Kier alpha value is -3.31. The van der Waals surface area contributed by atoms with E-state index in [1.807, 2.05) is 85.8 Å². The summed E-state index contributed by atoms with van der Waals surface area (Å²) < 4.78 is 11.8. The van der Waals surface area contributed by atoms with Crippen LogP contribution in [0.15, 0.2) is 78.9 Å². The van der Waals surface area contributed by atoms with Crippen LogP contribution < -0.4 is 20.1 Å². The average molecular weight is 388 g/mol. The second kappa shape index (κ2) is 8.80. The van der Waals surface area contributed by atoms with Crippen molar-refractivity contribution >= 4 is 11.6 Å². The number of ether oxygens (including phenoxy) is 2. The molecule has 5 nitrogen and oxygen atoms in total. The molecule has 3 aromatic carbocycles. The fourth-order valence-electron chi connectivity index (χ4n) is 3.27. The Bertz CT molecular complexity index is 957. The van der Waals surface area contributed by atoms with Gasteiger partial charge >= 0.3 is 0 Å². The molecular formula is C24H24N2O3. The summed E-state index contributed by atoms with van der Waals surface area (Å²) in [5.74, 6) is 1.36. The normalized spacial score (nSPS) is 16.1. The maximum absolute atomic E-state index is 13.0. The van der Waals surface area contributed by atoms with Gasteiger partial charge in [-0.3, -0.25) is 10.1 Å². The van der Waals surface area contributed by atoms with Crippen molar-refractivity contribution in [2.45, 2.75) is 19.1 Å². The third-order valence-electron chi connectivity index (χ3n) is 4.83. The fourth-order valence-corrected chi connectivity index (χ4v) is 3.27. The Morgan fingerprint density at radius 1 is 0.966 bits per heavy atom. The predicted molar refractivity (Wildman–Crippen MR) is 113 cm³/mol. The summed E-state index contributed by atoms with van der Waals surface area (Å²) in [6.07, 6.45) is -0.178. The number of aryl methyl sites for hydroxylation is 1. The highest BCUT2D eigenvalue weighted by atomic mass is 16.6. The Balaban J connectivity index is 1.45. The van der Waals surface area contributed by atoms with E-state index in [2.05, 4.69) is 10.6 Å². The van der Waals surface area contributed by atoms with Crippen LogP contribution in [0, 0.1) is 6.92 Å². The maximum atomic E-state index is 13.0. The smallest absolute Gasteiger partial charge is 0.246 e. The average Bonchev–Trinajstić information content (AvgIpc) is 2.76. The number of carbonyl (C=O) groups is 1. The molecule has 1 aliphatic rings. The number of fused-ring (bicyclic) bond motifs is 1. The lowest BCUT2D eigenvalue weighted by molar-refractivity contribution is -0.118. The first-order valence-electron chi connectivity index (χ1n) is 9.73. The standard InChI is InChI=1S/C24H24N2O3/c1-17-11-13-19(14-12-17)26-24(27)23(18-7-3-2-4-8-18)25-15-20-16-28-21-9-5-6-10-22(21)29-20/h2-14,20,23,25H,15-16H2,1H3,(H,26,27)/t20-,23+/m1/s1. The van der Waals surface area contributed by atoms with Crippen LogP contribution in [0.4, 0.5) is 5.69 Å². The zero-order chi connectivity index (χ0) is 20.1. The Labute approximate surface area is 170 Å². The molecule has 2 atom stereocenters. The molecule has 2 N–H and O–H groups in total. The van der Waals surface area contributed by atoms with Crippen molar-refractivity contribution in [3.63, 3.8) is 0 Å². The zero-order valence-corrected chi connectivity index (χ0v) is 16.3. The summed E-state index contributed by atoms with van der Waals surface area (Å²) in [7, 11) is 0. The number of benzene rings is 3. The quantitative estimate of drug-likeness (QED) is 0.667. The van der Waals surface area contributed by atoms with Crippen molar-refractivity contribution < 1.29 is 14.3 Å². The molecule has 0 spiro atoms. The molecule has 1 heterocycles. The van der Waals surface area contributed by atoms with E-state index in [-0.39, 0.29) is 12.0 Å². The largest absolute Gasteiger partial charge is 0.486 e. The number of hydrogen-bond donors (Lipinski definition) is 2. The Morgan fingerprint density at radius 3 is 2.41 bits per heavy atom. The molecule has 0 aromatic heterocycles. The van der Waals surface area contributed by atoms with Gasteiger partial charge in [-0.2, -0.15) is 0 Å². The Morgan fingerprint density at radius 2 is 1.66 bits per heavy atom. The SMILES string of the molecule is Cc1ccc(NC(=O)[C@@H](NC[C@@H]2COc3ccccc3O2)c2ccccc2)cc1. The van der Waals surface area contributed by atoms with Crippen LogP contribution in [0.2, 0.25) is 0 Å². The molecule has 3 aromatic rings. The number of amides is 1. The molecule has 0 unspecified atom stereocenters. The van der Waals surface area contributed by atoms with E-state index in [4.69, 9.17) is 9.47 Å². The van der Waals surface area contributed by atoms with Gasteiger partial charge < -0.3 is 14.8 Å². The van der Waals surface area contributed by atoms with E-state index in [0.29, 0.717) is 13.2 Å². The van der Waals surface area contributed by atoms with E-state index in [1.165, 1.54) is 0 Å². The fraction of sp³-hybridized carbons (Fsp3) is 0.208. The van der Waals surface area contributed by atoms with Crippen molar-refractivity contribution in [3.8, 4) is 11.5 Å². The summed E-state index contributed by atoms with van der Waals surface area (Å²) >= 11 is 0. The van der Waals surface area contributed by atoms with Gasteiger partial charge in [-0.25, -0.2) is 0 Å². The van der Waals surface area contributed by atoms with Gasteiger partial charge in [0.15, 0.2) is 11.5 Å². The van der Waals surface area contributed by atoms with Crippen molar-refractivity contribution in [1.29, 1.82) is 0 Å². The lowest BCUT2D eigenvalue weighted by atomic mass is 10.1. The first kappa shape index (κ1) is 19.0. The predicted octanol–water partition coefficient (Wildman–Crippen LogP) is 4.10. The summed E-state index contributed by atoms with van der Waals surface area (Å²) in [6, 6.07) is 24.6. The second-order valence-corrected chi connectivity index (χ2v) is 7.10. The maximum Gasteiger partial charge on any atom is 0.246 e. The molecule has 0 radical (unpaired) electrons. The van der Waals surface area contributed by atoms with Gasteiger partial charge in [-0.1, -0.05) is 60.2 Å². The molecule has 148 valence electrons. The minimum Gasteiger partial charge on any atom is -0.486 e. The molecule has 4 rings (SSSR count). The number of nitrogens with one attached hydrogen (secondary N) is 2. The van der Waals surface area contributed by atoms with Crippen LogP contribution in [0.5, 0.6) is 11.5 Å². The molecular weight excluding hydrogens is 364 g/mol. The van der Waals surface area contributed by atoms with Gasteiger partial charge in [0.1, 0.15) is 18.8 Å². The lowest BCUT2D eigenvalue weighted by Crippen LogP contribution is -2.42. The summed E-state index contributed by atoms with van der Waals surface area (Å²) in [5.41, 5.74) is 2.82. The molecule has 1 amide bonds. The van der Waals surface area contributed by atoms with Crippen LogP contribution in [0.1, 0.15) is 17.2 Å². The van der Waals surface area contributed by atoms with Crippen LogP contribution >= 0.6 is 0 Å². The summed E-state index contributed by atoms with van der Waals surface area (Å²) in [6.45, 7) is 2.94. The van der Waals surface area contributed by atoms with E-state index in [1.54, 1.807) is 0 Å². The number of carbonyl (C=O) groups excluding carboxylic acids is 1. The first-order valence-corrected chi connectivity index (χ1v) is 9.73. The number of hydrogen-bond acceptors (Lipinski definition) is 4. The van der Waals surface area contributed by atoms with E-state index in [9.17, 15) is 4.79 Å². The van der Waals surface area contributed by atoms with Crippen molar-refractivity contribution in [2.24, 2.45) is 0 Å². The molecule has 0 saturated heterocycles. The Kier molecular flexibility index (Phi) is 5.77. The van der Waals surface area contributed by atoms with Crippen LogP contribution in [-0.4, -0.2) is 25.2 Å². The topological polar surface area (TPSA) is 59.6 Å². The summed E-state index contributed by atoms with van der Waals surface area (Å²) in [5, 5.41) is 6.35. The van der Waals surface area contributed by atoms with Gasteiger partial charge in [0, 0.05) is 12.2 Å². The number of rotatable bonds is 6. The van der Waals surface area contributed by atoms with Crippen molar-refractivity contribution in [3.05, 3.63) is 90.0 Å². The first-order chi connectivity index (χ1) is 14.2. The molecule has 0 saturated carbocycles. The third-order valence-corrected chi connectivity index (χ3v) is 4.83. The van der Waals surface area contributed by atoms with E-state index < -0.39 is 6.04 Å². The molecule has 5 heteroatoms. The second-order valence-electron chi connectivity index (χ2n) is 7.10. The molecule has 1 aliphatic heterocycles. The van der Waals surface area contributed by atoms with Crippen LogP contribution in [-0.2, 0) is 4.79 Å². The highest BCUT2D eigenvalue weighted by Gasteiger charge is 2.25. The number of anilines is 1. The summed E-state index contributed by atoms with van der Waals surface area (Å²) in [4.78, 5) is 13.0. The van der Waals surface area contributed by atoms with Crippen LogP contribution in [0.25, 0.3) is 0 Å². The third kappa shape index (κ3) is 4.76. The molecule has 0 fully saturated rings. The molecule has 29 heavy (non-hydrogen) atoms. The van der Waals surface area contributed by atoms with E-state index in [0.717, 1.165) is 28.3 Å². The van der Waals surface area contributed by atoms with Crippen molar-refractivity contribution in [2.75, 3.05) is 18.5 Å². The van der Waals surface area contributed by atoms with Gasteiger partial charge in [0.2, 0.25) is 5.91 Å². The van der Waals surface area contributed by atoms with Crippen LogP contribution in [0.3, 0.4) is 0 Å². The van der Waals surface area contributed by atoms with Gasteiger partial charge in [-0.15, -0.1) is 0 Å². The lowest BCUT2D eigenvalue weighted by Gasteiger charge is -2.28. The monoisotopic (exact) mass is 388 g/mol.